The Hall–Kier alpha value is -1.07. The number of ether oxygens (including phenoxy) is 1. The monoisotopic (exact) mass is 175 g/mol. The van der Waals surface area contributed by atoms with Crippen molar-refractivity contribution in [2.45, 2.75) is 13.0 Å². The van der Waals surface area contributed by atoms with Gasteiger partial charge in [-0.05, 0) is 6.92 Å². The molecule has 0 bridgehead atoms. The Labute approximate surface area is 70.7 Å². The van der Waals surface area contributed by atoms with Crippen LogP contribution >= 0.6 is 0 Å². The molecule has 0 unspecified atom stereocenters. The molecule has 0 aliphatic rings. The molecule has 0 spiro atoms. The number of amides is 1. The van der Waals surface area contributed by atoms with Gasteiger partial charge in [-0.25, -0.2) is 4.79 Å². The van der Waals surface area contributed by atoms with Crippen molar-refractivity contribution in [2.24, 2.45) is 0 Å². The van der Waals surface area contributed by atoms with E-state index in [0.29, 0.717) is 0 Å². The van der Waals surface area contributed by atoms with E-state index in [0.717, 1.165) is 0 Å². The summed E-state index contributed by atoms with van der Waals surface area (Å²) in [5.74, 6) is 0.252. The van der Waals surface area contributed by atoms with Gasteiger partial charge in [0.25, 0.3) is 0 Å². The van der Waals surface area contributed by atoms with Crippen molar-refractivity contribution in [3.8, 4) is 0 Å². The van der Waals surface area contributed by atoms with E-state index in [-0.39, 0.29) is 19.0 Å². The fourth-order valence-electron chi connectivity index (χ4n) is 0.503. The number of carbonyl (C=O) groups is 1. The summed E-state index contributed by atoms with van der Waals surface area (Å²) in [5.41, 5.74) is 0. The highest BCUT2D eigenvalue weighted by Crippen LogP contribution is 1.91. The summed E-state index contributed by atoms with van der Waals surface area (Å²) in [6.07, 6.45) is -0.726. The lowest BCUT2D eigenvalue weighted by atomic mass is 10.3. The molecular weight excluding hydrogens is 162 g/mol. The van der Waals surface area contributed by atoms with E-state index in [1.54, 1.807) is 0 Å². The zero-order valence-electron chi connectivity index (χ0n) is 6.91. The molecule has 0 aromatic heterocycles. The van der Waals surface area contributed by atoms with Gasteiger partial charge < -0.3 is 20.3 Å². The molecule has 3 N–H and O–H groups in total. The minimum atomic E-state index is -0.726. The Kier molecular flexibility index (Phi) is 5.07. The Morgan fingerprint density at radius 1 is 1.58 bits per heavy atom. The van der Waals surface area contributed by atoms with E-state index >= 15 is 0 Å². The average Bonchev–Trinajstić information content (AvgIpc) is 1.98. The maximum absolute atomic E-state index is 10.8. The molecule has 0 heterocycles. The standard InChI is InChI=1S/C7H13NO4/c1-5(2)12-7(11)8-6(3-9)4-10/h6,9-10H,1,3-4H2,2H3,(H,8,11). The Bertz CT molecular complexity index is 165. The van der Waals surface area contributed by atoms with Gasteiger partial charge in [0.15, 0.2) is 0 Å². The third-order valence-corrected chi connectivity index (χ3v) is 1.03. The Morgan fingerprint density at radius 2 is 2.08 bits per heavy atom. The van der Waals surface area contributed by atoms with Crippen LogP contribution in [-0.2, 0) is 4.74 Å². The van der Waals surface area contributed by atoms with Gasteiger partial charge in [0.1, 0.15) is 0 Å². The summed E-state index contributed by atoms with van der Waals surface area (Å²) in [4.78, 5) is 10.8. The van der Waals surface area contributed by atoms with Crippen LogP contribution in [0.2, 0.25) is 0 Å². The van der Waals surface area contributed by atoms with E-state index in [1.165, 1.54) is 6.92 Å². The van der Waals surface area contributed by atoms with Crippen LogP contribution in [0, 0.1) is 0 Å². The molecule has 0 atom stereocenters. The number of aliphatic hydroxyl groups excluding tert-OH is 2. The van der Waals surface area contributed by atoms with Crippen molar-refractivity contribution in [2.75, 3.05) is 13.2 Å². The number of nitrogens with one attached hydrogen (secondary N) is 1. The minimum Gasteiger partial charge on any atom is -0.416 e. The largest absolute Gasteiger partial charge is 0.416 e. The Balaban J connectivity index is 3.74. The SMILES string of the molecule is C=C(C)OC(=O)NC(CO)CO. The lowest BCUT2D eigenvalue weighted by Gasteiger charge is -2.12. The summed E-state index contributed by atoms with van der Waals surface area (Å²) in [7, 11) is 0. The molecule has 0 aromatic rings. The highest BCUT2D eigenvalue weighted by molar-refractivity contribution is 5.68. The van der Waals surface area contributed by atoms with Crippen LogP contribution in [0.5, 0.6) is 0 Å². The second kappa shape index (κ2) is 5.56. The maximum Gasteiger partial charge on any atom is 0.412 e. The van der Waals surface area contributed by atoms with E-state index in [2.05, 4.69) is 16.6 Å². The molecule has 0 fully saturated rings. The van der Waals surface area contributed by atoms with Gasteiger partial charge >= 0.3 is 6.09 Å². The lowest BCUT2D eigenvalue weighted by molar-refractivity contribution is 0.140. The van der Waals surface area contributed by atoms with Crippen LogP contribution < -0.4 is 5.32 Å². The fraction of sp³-hybridized carbons (Fsp3) is 0.571. The number of aliphatic hydroxyl groups is 2. The highest BCUT2D eigenvalue weighted by Gasteiger charge is 2.10. The molecule has 1 amide bonds. The van der Waals surface area contributed by atoms with E-state index in [4.69, 9.17) is 10.2 Å². The van der Waals surface area contributed by atoms with Gasteiger partial charge in [0.2, 0.25) is 0 Å². The molecule has 0 aromatic carbocycles. The number of hydrogen-bond acceptors (Lipinski definition) is 4. The van der Waals surface area contributed by atoms with Gasteiger partial charge in [-0.1, -0.05) is 6.58 Å². The third kappa shape index (κ3) is 4.70. The second-order valence-corrected chi connectivity index (χ2v) is 2.30. The molecule has 5 nitrogen and oxygen atoms in total. The number of alkyl carbamates (subject to hydrolysis) is 1. The maximum atomic E-state index is 10.8. The van der Waals surface area contributed by atoms with E-state index < -0.39 is 12.1 Å². The van der Waals surface area contributed by atoms with Crippen molar-refractivity contribution >= 4 is 6.09 Å². The number of rotatable bonds is 4. The van der Waals surface area contributed by atoms with E-state index in [9.17, 15) is 4.79 Å². The average molecular weight is 175 g/mol. The quantitative estimate of drug-likeness (QED) is 0.508. The minimum absolute atomic E-state index is 0.252. The smallest absolute Gasteiger partial charge is 0.412 e. The van der Waals surface area contributed by atoms with Gasteiger partial charge in [0, 0.05) is 0 Å². The predicted octanol–water partition coefficient (Wildman–Crippen LogP) is -0.401. The fourth-order valence-corrected chi connectivity index (χ4v) is 0.503. The van der Waals surface area contributed by atoms with Crippen molar-refractivity contribution in [1.82, 2.24) is 5.32 Å². The topological polar surface area (TPSA) is 78.8 Å². The summed E-state index contributed by atoms with van der Waals surface area (Å²) < 4.78 is 4.52. The third-order valence-electron chi connectivity index (χ3n) is 1.03. The van der Waals surface area contributed by atoms with Gasteiger partial charge in [0.05, 0.1) is 25.0 Å². The molecule has 0 saturated carbocycles. The van der Waals surface area contributed by atoms with Crippen molar-refractivity contribution in [3.63, 3.8) is 0 Å². The first-order valence-corrected chi connectivity index (χ1v) is 3.45. The van der Waals surface area contributed by atoms with Crippen LogP contribution in [0.1, 0.15) is 6.92 Å². The molecule has 5 heteroatoms. The molecule has 0 radical (unpaired) electrons. The van der Waals surface area contributed by atoms with Crippen LogP contribution in [0.3, 0.4) is 0 Å². The lowest BCUT2D eigenvalue weighted by Crippen LogP contribution is -2.40. The summed E-state index contributed by atoms with van der Waals surface area (Å²) in [5, 5.41) is 19.3. The number of hydrogen-bond donors (Lipinski definition) is 3. The van der Waals surface area contributed by atoms with Crippen LogP contribution in [-0.4, -0.2) is 35.6 Å². The van der Waals surface area contributed by atoms with Crippen LogP contribution in [0.4, 0.5) is 4.79 Å². The molecule has 0 aliphatic carbocycles. The molecule has 0 aliphatic heterocycles. The Morgan fingerprint density at radius 3 is 2.42 bits per heavy atom. The zero-order chi connectivity index (χ0) is 9.56. The van der Waals surface area contributed by atoms with Crippen molar-refractivity contribution < 1.29 is 19.7 Å². The van der Waals surface area contributed by atoms with Crippen LogP contribution in [0.25, 0.3) is 0 Å². The normalized spacial score (nSPS) is 9.67. The first-order valence-electron chi connectivity index (χ1n) is 3.45. The summed E-state index contributed by atoms with van der Waals surface area (Å²) in [6, 6.07) is -0.683. The molecule has 0 rings (SSSR count). The zero-order valence-corrected chi connectivity index (χ0v) is 6.91. The summed E-state index contributed by atoms with van der Waals surface area (Å²) >= 11 is 0. The number of carbonyl (C=O) groups excluding carboxylic acids is 1. The first-order chi connectivity index (χ1) is 5.60. The second-order valence-electron chi connectivity index (χ2n) is 2.30. The molecule has 12 heavy (non-hydrogen) atoms. The molecule has 70 valence electrons. The summed E-state index contributed by atoms with van der Waals surface area (Å²) in [6.45, 7) is 4.20. The van der Waals surface area contributed by atoms with E-state index in [1.807, 2.05) is 0 Å². The van der Waals surface area contributed by atoms with Crippen molar-refractivity contribution in [1.29, 1.82) is 0 Å². The first kappa shape index (κ1) is 10.9. The van der Waals surface area contributed by atoms with Gasteiger partial charge in [-0.15, -0.1) is 0 Å². The predicted molar refractivity (Wildman–Crippen MR) is 42.4 cm³/mol. The van der Waals surface area contributed by atoms with Gasteiger partial charge in [-0.3, -0.25) is 0 Å². The molecule has 0 saturated heterocycles. The molecular formula is C7H13NO4. The van der Waals surface area contributed by atoms with Crippen molar-refractivity contribution in [3.05, 3.63) is 12.3 Å². The van der Waals surface area contributed by atoms with Gasteiger partial charge in [-0.2, -0.15) is 0 Å². The number of allylic oxidation sites excluding steroid dienone is 1. The highest BCUT2D eigenvalue weighted by atomic mass is 16.6. The van der Waals surface area contributed by atoms with Crippen LogP contribution in [0.15, 0.2) is 12.3 Å².